The molecular formula is C18H19NO2. The average Bonchev–Trinajstić information content (AvgIpc) is 2.76. The quantitative estimate of drug-likeness (QED) is 0.839. The van der Waals surface area contributed by atoms with Crippen LogP contribution in [0.4, 0.5) is 11.4 Å². The van der Waals surface area contributed by atoms with Gasteiger partial charge in [-0.3, -0.25) is 0 Å². The van der Waals surface area contributed by atoms with Crippen molar-refractivity contribution in [2.24, 2.45) is 0 Å². The van der Waals surface area contributed by atoms with Gasteiger partial charge < -0.3 is 14.4 Å². The fourth-order valence-corrected chi connectivity index (χ4v) is 2.60. The number of ether oxygens (including phenoxy) is 2. The molecule has 0 unspecified atom stereocenters. The van der Waals surface area contributed by atoms with E-state index in [9.17, 15) is 0 Å². The second kappa shape index (κ2) is 5.92. The van der Waals surface area contributed by atoms with Gasteiger partial charge in [0.05, 0.1) is 14.2 Å². The molecule has 0 spiro atoms. The first kappa shape index (κ1) is 13.6. The van der Waals surface area contributed by atoms with Crippen LogP contribution in [0.2, 0.25) is 0 Å². The lowest BCUT2D eigenvalue weighted by atomic mass is 10.1. The van der Waals surface area contributed by atoms with Crippen LogP contribution in [0.1, 0.15) is 12.0 Å². The Morgan fingerprint density at radius 3 is 2.33 bits per heavy atom. The third kappa shape index (κ3) is 2.72. The van der Waals surface area contributed by atoms with Crippen LogP contribution in [0.5, 0.6) is 11.5 Å². The molecular weight excluding hydrogens is 262 g/mol. The van der Waals surface area contributed by atoms with Gasteiger partial charge in [-0.1, -0.05) is 12.2 Å². The number of rotatable bonds is 3. The lowest BCUT2D eigenvalue weighted by Crippen LogP contribution is -2.17. The molecule has 0 saturated heterocycles. The second-order valence-corrected chi connectivity index (χ2v) is 4.97. The van der Waals surface area contributed by atoms with Gasteiger partial charge in [0.1, 0.15) is 11.5 Å². The van der Waals surface area contributed by atoms with Crippen molar-refractivity contribution >= 4 is 17.5 Å². The minimum atomic E-state index is 0.877. The lowest BCUT2D eigenvalue weighted by Gasteiger charge is -2.25. The molecule has 108 valence electrons. The third-order valence-corrected chi connectivity index (χ3v) is 3.73. The summed E-state index contributed by atoms with van der Waals surface area (Å²) >= 11 is 0. The van der Waals surface area contributed by atoms with Crippen LogP contribution in [0.15, 0.2) is 48.5 Å². The van der Waals surface area contributed by atoms with Crippen molar-refractivity contribution in [2.45, 2.75) is 6.42 Å². The maximum absolute atomic E-state index is 5.32. The summed E-state index contributed by atoms with van der Waals surface area (Å²) < 4.78 is 10.6. The Hall–Kier alpha value is -2.42. The average molecular weight is 281 g/mol. The van der Waals surface area contributed by atoms with Crippen LogP contribution in [0, 0.1) is 0 Å². The largest absolute Gasteiger partial charge is 0.497 e. The zero-order valence-electron chi connectivity index (χ0n) is 12.4. The highest BCUT2D eigenvalue weighted by Gasteiger charge is 2.15. The second-order valence-electron chi connectivity index (χ2n) is 4.97. The number of methoxy groups -OCH3 is 2. The molecule has 0 fully saturated rings. The van der Waals surface area contributed by atoms with Gasteiger partial charge in [0, 0.05) is 23.5 Å². The lowest BCUT2D eigenvalue weighted by molar-refractivity contribution is 0.414. The highest BCUT2D eigenvalue weighted by atomic mass is 16.5. The Bertz CT molecular complexity index is 647. The first-order chi connectivity index (χ1) is 10.3. The first-order valence-corrected chi connectivity index (χ1v) is 7.08. The standard InChI is InChI=1S/C18H19NO2/c1-20-16-8-6-15(7-9-16)19-12-4-3-5-14-13-17(21-2)10-11-18(14)19/h3,5-11,13H,4,12H2,1-2H3. The van der Waals surface area contributed by atoms with E-state index < -0.39 is 0 Å². The zero-order chi connectivity index (χ0) is 14.7. The minimum Gasteiger partial charge on any atom is -0.497 e. The number of benzene rings is 2. The Morgan fingerprint density at radius 1 is 0.905 bits per heavy atom. The van der Waals surface area contributed by atoms with Gasteiger partial charge in [0.15, 0.2) is 0 Å². The molecule has 3 heteroatoms. The minimum absolute atomic E-state index is 0.877. The van der Waals surface area contributed by atoms with Crippen molar-refractivity contribution in [3.63, 3.8) is 0 Å². The van der Waals surface area contributed by atoms with Crippen molar-refractivity contribution in [2.75, 3.05) is 25.7 Å². The number of fused-ring (bicyclic) bond motifs is 1. The van der Waals surface area contributed by atoms with Gasteiger partial charge in [-0.2, -0.15) is 0 Å². The summed E-state index contributed by atoms with van der Waals surface area (Å²) in [5, 5.41) is 0. The molecule has 21 heavy (non-hydrogen) atoms. The summed E-state index contributed by atoms with van der Waals surface area (Å²) in [6, 6.07) is 14.4. The van der Waals surface area contributed by atoms with E-state index in [1.165, 1.54) is 16.9 Å². The first-order valence-electron chi connectivity index (χ1n) is 7.08. The normalized spacial score (nSPS) is 13.5. The van der Waals surface area contributed by atoms with Crippen LogP contribution < -0.4 is 14.4 Å². The summed E-state index contributed by atoms with van der Waals surface area (Å²) in [5.41, 5.74) is 3.56. The van der Waals surface area contributed by atoms with E-state index in [2.05, 4.69) is 41.3 Å². The highest BCUT2D eigenvalue weighted by molar-refractivity contribution is 5.76. The van der Waals surface area contributed by atoms with E-state index in [1.807, 2.05) is 18.2 Å². The zero-order valence-corrected chi connectivity index (χ0v) is 12.4. The van der Waals surface area contributed by atoms with E-state index in [0.717, 1.165) is 24.5 Å². The molecule has 0 aliphatic carbocycles. The molecule has 0 bridgehead atoms. The SMILES string of the molecule is COc1ccc(N2CCC=Cc3cc(OC)ccc32)cc1. The van der Waals surface area contributed by atoms with Crippen LogP contribution in [0.3, 0.4) is 0 Å². The molecule has 1 aliphatic heterocycles. The summed E-state index contributed by atoms with van der Waals surface area (Å²) in [6.07, 6.45) is 5.40. The van der Waals surface area contributed by atoms with Gasteiger partial charge in [0.2, 0.25) is 0 Å². The predicted octanol–water partition coefficient (Wildman–Crippen LogP) is 4.26. The van der Waals surface area contributed by atoms with Gasteiger partial charge in [0.25, 0.3) is 0 Å². The Balaban J connectivity index is 2.00. The number of nitrogens with zero attached hydrogens (tertiary/aromatic N) is 1. The Labute approximate surface area is 125 Å². The van der Waals surface area contributed by atoms with E-state index in [-0.39, 0.29) is 0 Å². The van der Waals surface area contributed by atoms with Crippen LogP contribution >= 0.6 is 0 Å². The monoisotopic (exact) mass is 281 g/mol. The van der Waals surface area contributed by atoms with Crippen LogP contribution in [-0.2, 0) is 0 Å². The van der Waals surface area contributed by atoms with E-state index in [1.54, 1.807) is 14.2 Å². The summed E-state index contributed by atoms with van der Waals surface area (Å²) in [7, 11) is 3.38. The molecule has 0 radical (unpaired) electrons. The molecule has 0 N–H and O–H groups in total. The summed E-state index contributed by atoms with van der Waals surface area (Å²) in [5.74, 6) is 1.76. The maximum Gasteiger partial charge on any atom is 0.119 e. The molecule has 0 aromatic heterocycles. The van der Waals surface area contributed by atoms with E-state index >= 15 is 0 Å². The van der Waals surface area contributed by atoms with Gasteiger partial charge in [-0.15, -0.1) is 0 Å². The fourth-order valence-electron chi connectivity index (χ4n) is 2.60. The van der Waals surface area contributed by atoms with E-state index in [0.29, 0.717) is 0 Å². The number of hydrogen-bond acceptors (Lipinski definition) is 3. The van der Waals surface area contributed by atoms with Crippen LogP contribution in [0.25, 0.3) is 6.08 Å². The summed E-state index contributed by atoms with van der Waals surface area (Å²) in [4.78, 5) is 2.33. The Morgan fingerprint density at radius 2 is 1.62 bits per heavy atom. The molecule has 1 aliphatic rings. The maximum atomic E-state index is 5.32. The highest BCUT2D eigenvalue weighted by Crippen LogP contribution is 2.34. The molecule has 0 amide bonds. The summed E-state index contributed by atoms with van der Waals surface area (Å²) in [6.45, 7) is 0.960. The third-order valence-electron chi connectivity index (χ3n) is 3.73. The molecule has 3 nitrogen and oxygen atoms in total. The molecule has 2 aromatic rings. The van der Waals surface area contributed by atoms with Gasteiger partial charge >= 0.3 is 0 Å². The van der Waals surface area contributed by atoms with Crippen molar-refractivity contribution in [3.8, 4) is 11.5 Å². The smallest absolute Gasteiger partial charge is 0.119 e. The molecule has 0 atom stereocenters. The van der Waals surface area contributed by atoms with Crippen molar-refractivity contribution in [3.05, 3.63) is 54.1 Å². The van der Waals surface area contributed by atoms with Crippen molar-refractivity contribution < 1.29 is 9.47 Å². The molecule has 1 heterocycles. The fraction of sp³-hybridized carbons (Fsp3) is 0.222. The number of anilines is 2. The molecule has 2 aromatic carbocycles. The predicted molar refractivity (Wildman–Crippen MR) is 86.6 cm³/mol. The molecule has 0 saturated carbocycles. The van der Waals surface area contributed by atoms with E-state index in [4.69, 9.17) is 9.47 Å². The van der Waals surface area contributed by atoms with Crippen LogP contribution in [-0.4, -0.2) is 20.8 Å². The van der Waals surface area contributed by atoms with Crippen molar-refractivity contribution in [1.29, 1.82) is 0 Å². The Kier molecular flexibility index (Phi) is 3.82. The topological polar surface area (TPSA) is 21.7 Å². The van der Waals surface area contributed by atoms with Gasteiger partial charge in [-0.25, -0.2) is 0 Å². The van der Waals surface area contributed by atoms with Gasteiger partial charge in [-0.05, 0) is 48.9 Å². The van der Waals surface area contributed by atoms with Crippen molar-refractivity contribution in [1.82, 2.24) is 0 Å². The molecule has 3 rings (SSSR count). The number of hydrogen-bond donors (Lipinski definition) is 0.